The molecule has 0 fully saturated rings. The van der Waals surface area contributed by atoms with Crippen LogP contribution >= 0.6 is 0 Å². The average molecular weight is 630 g/mol. The van der Waals surface area contributed by atoms with E-state index in [1.165, 1.54) is 17.0 Å². The van der Waals surface area contributed by atoms with Crippen molar-refractivity contribution in [1.29, 1.82) is 0 Å². The topological polar surface area (TPSA) is 120 Å². The van der Waals surface area contributed by atoms with Gasteiger partial charge in [-0.05, 0) is 61.9 Å². The molecule has 0 radical (unpaired) electrons. The first kappa shape index (κ1) is 35.6. The lowest BCUT2D eigenvalue weighted by Gasteiger charge is -2.31. The molecule has 5 amide bonds. The number of allylic oxidation sites excluding steroid dienone is 1. The number of nitrogens with one attached hydrogen (secondary N) is 3. The van der Waals surface area contributed by atoms with E-state index in [2.05, 4.69) is 16.1 Å². The molecule has 3 aromatic rings. The molecule has 0 aliphatic carbocycles. The van der Waals surface area contributed by atoms with Gasteiger partial charge in [-0.25, -0.2) is 14.6 Å². The molecule has 1 atom stereocenters. The Labute approximate surface area is 272 Å². The van der Waals surface area contributed by atoms with Crippen molar-refractivity contribution >= 4 is 34.7 Å². The van der Waals surface area contributed by atoms with E-state index in [1.54, 1.807) is 33.8 Å². The van der Waals surface area contributed by atoms with Crippen LogP contribution in [-0.2, 0) is 27.3 Å². The molecular weight excluding hydrogens is 582 g/mol. The summed E-state index contributed by atoms with van der Waals surface area (Å²) < 4.78 is 5.42. The van der Waals surface area contributed by atoms with E-state index in [9.17, 15) is 19.2 Å². The van der Waals surface area contributed by atoms with Crippen molar-refractivity contribution in [3.05, 3.63) is 95.7 Å². The SMILES string of the molecule is CCNC(=O)N(Cc1ccccc1)NC(=O)[C@@H](Cc1ccc2ccccc2c1)N(C)C(=O)/C(=C\CC(C)C)NC(=O)OC(C)(C)C. The van der Waals surface area contributed by atoms with Gasteiger partial charge < -0.3 is 15.0 Å². The Morgan fingerprint density at radius 1 is 0.891 bits per heavy atom. The minimum atomic E-state index is -1.05. The number of likely N-dealkylation sites (N-methyl/N-ethyl adjacent to an activating group) is 1. The fourth-order valence-electron chi connectivity index (χ4n) is 4.67. The first-order valence-corrected chi connectivity index (χ1v) is 15.6. The van der Waals surface area contributed by atoms with Gasteiger partial charge in [-0.2, -0.15) is 0 Å². The van der Waals surface area contributed by atoms with Gasteiger partial charge in [-0.3, -0.25) is 20.3 Å². The molecule has 3 aromatic carbocycles. The van der Waals surface area contributed by atoms with Crippen LogP contribution in [0.25, 0.3) is 10.8 Å². The lowest BCUT2D eigenvalue weighted by atomic mass is 10.00. The molecule has 10 heteroatoms. The van der Waals surface area contributed by atoms with Crippen LogP contribution in [-0.4, -0.2) is 59.1 Å². The smallest absolute Gasteiger partial charge is 0.412 e. The lowest BCUT2D eigenvalue weighted by Crippen LogP contribution is -2.57. The number of ether oxygens (including phenoxy) is 1. The van der Waals surface area contributed by atoms with Crippen molar-refractivity contribution in [2.24, 2.45) is 5.92 Å². The molecule has 0 saturated heterocycles. The number of carbonyl (C=O) groups excluding carboxylic acids is 4. The highest BCUT2D eigenvalue weighted by atomic mass is 16.6. The van der Waals surface area contributed by atoms with Crippen LogP contribution < -0.4 is 16.1 Å². The van der Waals surface area contributed by atoms with Crippen LogP contribution in [0.15, 0.2) is 84.6 Å². The predicted molar refractivity (Wildman–Crippen MR) is 180 cm³/mol. The van der Waals surface area contributed by atoms with Gasteiger partial charge in [0.15, 0.2) is 0 Å². The number of hydrogen-bond acceptors (Lipinski definition) is 5. The van der Waals surface area contributed by atoms with E-state index in [0.717, 1.165) is 21.9 Å². The van der Waals surface area contributed by atoms with E-state index >= 15 is 0 Å². The van der Waals surface area contributed by atoms with Crippen molar-refractivity contribution in [2.45, 2.75) is 72.6 Å². The highest BCUT2D eigenvalue weighted by molar-refractivity contribution is 5.99. The molecule has 0 saturated carbocycles. The first-order valence-electron chi connectivity index (χ1n) is 15.6. The molecule has 0 spiro atoms. The largest absolute Gasteiger partial charge is 0.444 e. The molecule has 246 valence electrons. The van der Waals surface area contributed by atoms with Gasteiger partial charge >= 0.3 is 12.1 Å². The van der Waals surface area contributed by atoms with Crippen molar-refractivity contribution in [3.63, 3.8) is 0 Å². The lowest BCUT2D eigenvalue weighted by molar-refractivity contribution is -0.138. The Morgan fingerprint density at radius 3 is 2.17 bits per heavy atom. The molecular formula is C36H47N5O5. The Bertz CT molecular complexity index is 1530. The zero-order chi connectivity index (χ0) is 33.9. The summed E-state index contributed by atoms with van der Waals surface area (Å²) in [6.45, 7) is 11.5. The van der Waals surface area contributed by atoms with Crippen molar-refractivity contribution in [3.8, 4) is 0 Å². The second-order valence-corrected chi connectivity index (χ2v) is 12.6. The van der Waals surface area contributed by atoms with E-state index in [4.69, 9.17) is 4.74 Å². The van der Waals surface area contributed by atoms with Crippen LogP contribution in [0.2, 0.25) is 0 Å². The Balaban J connectivity index is 1.98. The van der Waals surface area contributed by atoms with Gasteiger partial charge in [-0.1, -0.05) is 92.7 Å². The maximum absolute atomic E-state index is 14.1. The summed E-state index contributed by atoms with van der Waals surface area (Å²) >= 11 is 0. The molecule has 0 heterocycles. The maximum Gasteiger partial charge on any atom is 0.412 e. The van der Waals surface area contributed by atoms with E-state index in [0.29, 0.717) is 13.0 Å². The fourth-order valence-corrected chi connectivity index (χ4v) is 4.67. The highest BCUT2D eigenvalue weighted by Crippen LogP contribution is 2.19. The molecule has 0 bridgehead atoms. The van der Waals surface area contributed by atoms with Gasteiger partial charge in [0, 0.05) is 20.0 Å². The molecule has 10 nitrogen and oxygen atoms in total. The van der Waals surface area contributed by atoms with Gasteiger partial charge in [0.1, 0.15) is 17.3 Å². The Morgan fingerprint density at radius 2 is 1.54 bits per heavy atom. The number of hydrogen-bond donors (Lipinski definition) is 3. The van der Waals surface area contributed by atoms with Crippen molar-refractivity contribution in [2.75, 3.05) is 13.6 Å². The summed E-state index contributed by atoms with van der Waals surface area (Å²) in [6, 6.07) is 21.5. The molecule has 46 heavy (non-hydrogen) atoms. The number of nitrogens with zero attached hydrogens (tertiary/aromatic N) is 2. The quantitative estimate of drug-likeness (QED) is 0.180. The third-order valence-electron chi connectivity index (χ3n) is 6.99. The molecule has 3 rings (SSSR count). The predicted octanol–water partition coefficient (Wildman–Crippen LogP) is 5.93. The third-order valence-corrected chi connectivity index (χ3v) is 6.99. The number of alkyl carbamates (subject to hydrolysis) is 1. The zero-order valence-electron chi connectivity index (χ0n) is 27.9. The molecule has 0 aromatic heterocycles. The minimum absolute atomic E-state index is 0.00614. The van der Waals surface area contributed by atoms with Crippen LogP contribution in [0.4, 0.5) is 9.59 Å². The second kappa shape index (κ2) is 16.5. The zero-order valence-corrected chi connectivity index (χ0v) is 27.9. The van der Waals surface area contributed by atoms with Crippen LogP contribution in [0.3, 0.4) is 0 Å². The summed E-state index contributed by atoms with van der Waals surface area (Å²) in [6.07, 6.45) is 1.53. The summed E-state index contributed by atoms with van der Waals surface area (Å²) in [7, 11) is 1.52. The fraction of sp³-hybridized carbons (Fsp3) is 0.389. The normalized spacial score (nSPS) is 12.3. The van der Waals surface area contributed by atoms with E-state index in [-0.39, 0.29) is 24.6 Å². The van der Waals surface area contributed by atoms with Crippen LogP contribution in [0, 0.1) is 5.92 Å². The van der Waals surface area contributed by atoms with E-state index < -0.39 is 35.6 Å². The Kier molecular flexibility index (Phi) is 12.7. The van der Waals surface area contributed by atoms with E-state index in [1.807, 2.05) is 86.6 Å². The number of benzene rings is 3. The molecule has 0 aliphatic rings. The average Bonchev–Trinajstić information content (AvgIpc) is 3.00. The van der Waals surface area contributed by atoms with Gasteiger partial charge in [0.05, 0.1) is 6.54 Å². The second-order valence-electron chi connectivity index (χ2n) is 12.6. The number of amides is 5. The summed E-state index contributed by atoms with van der Waals surface area (Å²) in [5, 5.41) is 8.59. The van der Waals surface area contributed by atoms with Crippen LogP contribution in [0.5, 0.6) is 0 Å². The minimum Gasteiger partial charge on any atom is -0.444 e. The maximum atomic E-state index is 14.1. The third kappa shape index (κ3) is 10.9. The Hall–Kier alpha value is -4.86. The standard InChI is InChI=1S/C36H47N5O5/c1-8-37-34(44)41(24-26-14-10-9-11-15-26)39-32(42)31(23-27-19-20-28-16-12-13-17-29(28)22-27)40(7)33(43)30(21-18-25(2)3)38-35(45)46-36(4,5)6/h9-17,19-22,25,31H,8,18,23-24H2,1-7H3,(H,37,44)(H,38,45)(H,39,42)/b30-21+/t31-/m1/s1. The molecule has 0 aliphatic heterocycles. The van der Waals surface area contributed by atoms with Crippen molar-refractivity contribution < 1.29 is 23.9 Å². The summed E-state index contributed by atoms with van der Waals surface area (Å²) in [5.74, 6) is -0.930. The van der Waals surface area contributed by atoms with Crippen LogP contribution in [0.1, 0.15) is 59.1 Å². The summed E-state index contributed by atoms with van der Waals surface area (Å²) in [4.78, 5) is 55.2. The van der Waals surface area contributed by atoms with Gasteiger partial charge in [0.25, 0.3) is 11.8 Å². The molecule has 3 N–H and O–H groups in total. The van der Waals surface area contributed by atoms with Gasteiger partial charge in [0.2, 0.25) is 0 Å². The number of hydrazine groups is 1. The summed E-state index contributed by atoms with van der Waals surface area (Å²) in [5.41, 5.74) is 3.62. The highest BCUT2D eigenvalue weighted by Gasteiger charge is 2.32. The number of rotatable bonds is 11. The molecule has 0 unspecified atom stereocenters. The number of urea groups is 1. The van der Waals surface area contributed by atoms with Crippen molar-refractivity contribution in [1.82, 2.24) is 26.0 Å². The first-order chi connectivity index (χ1) is 21.8. The monoisotopic (exact) mass is 629 g/mol. The van der Waals surface area contributed by atoms with Gasteiger partial charge in [-0.15, -0.1) is 0 Å². The number of carbonyl (C=O) groups is 4. The number of fused-ring (bicyclic) bond motifs is 1.